The Balaban J connectivity index is 1.46. The number of aryl methyl sites for hydroxylation is 1. The highest BCUT2D eigenvalue weighted by Crippen LogP contribution is 2.18. The fraction of sp³-hybridized carbons (Fsp3) is 0.562. The summed E-state index contributed by atoms with van der Waals surface area (Å²) in [5, 5.41) is 4.21. The molecule has 1 amide bonds. The van der Waals surface area contributed by atoms with E-state index >= 15 is 0 Å². The van der Waals surface area contributed by atoms with Gasteiger partial charge in [-0.2, -0.15) is 5.10 Å². The highest BCUT2D eigenvalue weighted by atomic mass is 16.5. The van der Waals surface area contributed by atoms with Crippen LogP contribution in [0.25, 0.3) is 0 Å². The summed E-state index contributed by atoms with van der Waals surface area (Å²) in [6.07, 6.45) is 8.64. The largest absolute Gasteiger partial charge is 0.373 e. The van der Waals surface area contributed by atoms with Crippen molar-refractivity contribution in [2.75, 3.05) is 19.7 Å². The van der Waals surface area contributed by atoms with Gasteiger partial charge in [-0.3, -0.25) is 9.48 Å². The SMILES string of the molecule is O=C(c1cnc2n1CCCC2)N1CCOC(Cn2cccn2)C1. The lowest BCUT2D eigenvalue weighted by Gasteiger charge is -2.33. The van der Waals surface area contributed by atoms with Crippen LogP contribution in [-0.2, 0) is 24.2 Å². The molecule has 2 aliphatic rings. The van der Waals surface area contributed by atoms with Gasteiger partial charge >= 0.3 is 0 Å². The second-order valence-electron chi connectivity index (χ2n) is 6.14. The molecule has 7 heteroatoms. The standard InChI is InChI=1S/C16H21N5O2/c22-16(14-10-17-15-4-1-2-7-21(14)15)19-8-9-23-13(11-19)12-20-6-3-5-18-20/h3,5-6,10,13H,1-2,4,7-9,11-12H2. The van der Waals surface area contributed by atoms with Crippen molar-refractivity contribution in [1.29, 1.82) is 0 Å². The quantitative estimate of drug-likeness (QED) is 0.846. The number of imidazole rings is 1. The highest BCUT2D eigenvalue weighted by Gasteiger charge is 2.28. The Morgan fingerprint density at radius 3 is 3.17 bits per heavy atom. The van der Waals surface area contributed by atoms with Crippen LogP contribution in [0.5, 0.6) is 0 Å². The zero-order valence-electron chi connectivity index (χ0n) is 13.1. The summed E-state index contributed by atoms with van der Waals surface area (Å²) in [4.78, 5) is 19.2. The van der Waals surface area contributed by atoms with E-state index in [1.54, 1.807) is 12.4 Å². The number of ether oxygens (including phenoxy) is 1. The summed E-state index contributed by atoms with van der Waals surface area (Å²) in [5.74, 6) is 1.11. The van der Waals surface area contributed by atoms with Gasteiger partial charge in [-0.25, -0.2) is 4.98 Å². The Morgan fingerprint density at radius 2 is 2.30 bits per heavy atom. The van der Waals surface area contributed by atoms with Crippen LogP contribution in [0.3, 0.4) is 0 Å². The Kier molecular flexibility index (Phi) is 3.87. The Bertz CT molecular complexity index is 679. The van der Waals surface area contributed by atoms with Crippen molar-refractivity contribution < 1.29 is 9.53 Å². The van der Waals surface area contributed by atoms with Gasteiger partial charge in [0.05, 0.1) is 25.5 Å². The van der Waals surface area contributed by atoms with E-state index in [4.69, 9.17) is 4.74 Å². The van der Waals surface area contributed by atoms with E-state index in [1.807, 2.05) is 21.8 Å². The molecule has 2 aromatic rings. The van der Waals surface area contributed by atoms with Gasteiger partial charge in [-0.05, 0) is 18.9 Å². The van der Waals surface area contributed by atoms with Gasteiger partial charge < -0.3 is 14.2 Å². The van der Waals surface area contributed by atoms with E-state index in [-0.39, 0.29) is 12.0 Å². The van der Waals surface area contributed by atoms with Crippen LogP contribution in [0.1, 0.15) is 29.2 Å². The number of aromatic nitrogens is 4. The fourth-order valence-electron chi connectivity index (χ4n) is 3.38. The third-order valence-electron chi connectivity index (χ3n) is 4.57. The van der Waals surface area contributed by atoms with Crippen molar-refractivity contribution in [3.05, 3.63) is 36.2 Å². The molecule has 1 saturated heterocycles. The van der Waals surface area contributed by atoms with Gasteiger partial charge in [0.15, 0.2) is 0 Å². The molecule has 2 aliphatic heterocycles. The molecule has 0 saturated carbocycles. The molecule has 122 valence electrons. The number of hydrogen-bond acceptors (Lipinski definition) is 4. The maximum absolute atomic E-state index is 12.9. The molecule has 0 radical (unpaired) electrons. The number of morpholine rings is 1. The van der Waals surface area contributed by atoms with Crippen LogP contribution >= 0.6 is 0 Å². The first-order valence-corrected chi connectivity index (χ1v) is 8.24. The molecule has 7 nitrogen and oxygen atoms in total. The molecule has 0 aromatic carbocycles. The molecule has 4 heterocycles. The summed E-state index contributed by atoms with van der Waals surface area (Å²) >= 11 is 0. The number of carbonyl (C=O) groups is 1. The Labute approximate surface area is 134 Å². The van der Waals surface area contributed by atoms with Crippen molar-refractivity contribution in [2.24, 2.45) is 0 Å². The van der Waals surface area contributed by atoms with Gasteiger partial charge in [-0.15, -0.1) is 0 Å². The molecule has 1 fully saturated rings. The van der Waals surface area contributed by atoms with Crippen LogP contribution in [-0.4, -0.2) is 55.9 Å². The second-order valence-corrected chi connectivity index (χ2v) is 6.14. The molecule has 0 N–H and O–H groups in total. The van der Waals surface area contributed by atoms with E-state index in [0.29, 0.717) is 26.2 Å². The van der Waals surface area contributed by atoms with Gasteiger partial charge in [0.2, 0.25) is 0 Å². The average Bonchev–Trinajstić information content (AvgIpc) is 3.24. The van der Waals surface area contributed by atoms with Crippen molar-refractivity contribution in [2.45, 2.75) is 38.5 Å². The third kappa shape index (κ3) is 2.88. The highest BCUT2D eigenvalue weighted by molar-refractivity contribution is 5.92. The maximum atomic E-state index is 12.9. The van der Waals surface area contributed by atoms with Crippen molar-refractivity contribution >= 4 is 5.91 Å². The summed E-state index contributed by atoms with van der Waals surface area (Å²) in [6.45, 7) is 3.37. The lowest BCUT2D eigenvalue weighted by Crippen LogP contribution is -2.47. The predicted molar refractivity (Wildman–Crippen MR) is 83.0 cm³/mol. The van der Waals surface area contributed by atoms with Gasteiger partial charge in [0.1, 0.15) is 11.5 Å². The van der Waals surface area contributed by atoms with E-state index < -0.39 is 0 Å². The molecule has 2 aromatic heterocycles. The first kappa shape index (κ1) is 14.4. The van der Waals surface area contributed by atoms with Crippen molar-refractivity contribution in [1.82, 2.24) is 24.2 Å². The Morgan fingerprint density at radius 1 is 1.35 bits per heavy atom. The molecular weight excluding hydrogens is 294 g/mol. The average molecular weight is 315 g/mol. The lowest BCUT2D eigenvalue weighted by molar-refractivity contribution is -0.0303. The van der Waals surface area contributed by atoms with Crippen LogP contribution in [0, 0.1) is 0 Å². The molecular formula is C16H21N5O2. The topological polar surface area (TPSA) is 65.2 Å². The first-order valence-electron chi connectivity index (χ1n) is 8.24. The van der Waals surface area contributed by atoms with Gasteiger partial charge in [0.25, 0.3) is 5.91 Å². The lowest BCUT2D eigenvalue weighted by atomic mass is 10.1. The smallest absolute Gasteiger partial charge is 0.272 e. The Hall–Kier alpha value is -2.15. The minimum atomic E-state index is -0.0173. The molecule has 0 bridgehead atoms. The summed E-state index contributed by atoms with van der Waals surface area (Å²) in [5.41, 5.74) is 0.722. The maximum Gasteiger partial charge on any atom is 0.272 e. The summed E-state index contributed by atoms with van der Waals surface area (Å²) in [7, 11) is 0. The predicted octanol–water partition coefficient (Wildman–Crippen LogP) is 0.957. The molecule has 1 atom stereocenters. The van der Waals surface area contributed by atoms with Crippen LogP contribution < -0.4 is 0 Å². The van der Waals surface area contributed by atoms with Crippen LogP contribution in [0.4, 0.5) is 0 Å². The number of fused-ring (bicyclic) bond motifs is 1. The van der Waals surface area contributed by atoms with Gasteiger partial charge in [-0.1, -0.05) is 0 Å². The molecule has 4 rings (SSSR count). The normalized spacial score (nSPS) is 21.2. The molecule has 23 heavy (non-hydrogen) atoms. The van der Waals surface area contributed by atoms with Crippen molar-refractivity contribution in [3.8, 4) is 0 Å². The van der Waals surface area contributed by atoms with E-state index in [2.05, 4.69) is 14.6 Å². The zero-order chi connectivity index (χ0) is 15.6. The fourth-order valence-corrected chi connectivity index (χ4v) is 3.38. The molecule has 0 spiro atoms. The van der Waals surface area contributed by atoms with E-state index in [0.717, 1.165) is 37.3 Å². The van der Waals surface area contributed by atoms with Gasteiger partial charge in [0, 0.05) is 38.4 Å². The number of rotatable bonds is 3. The van der Waals surface area contributed by atoms with Crippen molar-refractivity contribution in [3.63, 3.8) is 0 Å². The number of hydrogen-bond donors (Lipinski definition) is 0. The van der Waals surface area contributed by atoms with Crippen LogP contribution in [0.2, 0.25) is 0 Å². The second kappa shape index (κ2) is 6.16. The monoisotopic (exact) mass is 315 g/mol. The van der Waals surface area contributed by atoms with E-state index in [9.17, 15) is 4.79 Å². The summed E-state index contributed by atoms with van der Waals surface area (Å²) < 4.78 is 9.72. The number of carbonyl (C=O) groups excluding carboxylic acids is 1. The zero-order valence-corrected chi connectivity index (χ0v) is 13.1. The number of amides is 1. The molecule has 1 unspecified atom stereocenters. The van der Waals surface area contributed by atoms with Crippen LogP contribution in [0.15, 0.2) is 24.7 Å². The third-order valence-corrected chi connectivity index (χ3v) is 4.57. The first-order chi connectivity index (χ1) is 11.3. The number of nitrogens with zero attached hydrogens (tertiary/aromatic N) is 5. The minimum absolute atomic E-state index is 0.0173. The van der Waals surface area contributed by atoms with E-state index in [1.165, 1.54) is 0 Å². The molecule has 0 aliphatic carbocycles. The minimum Gasteiger partial charge on any atom is -0.373 e. The summed E-state index contributed by atoms with van der Waals surface area (Å²) in [6, 6.07) is 1.89.